The molecule has 1 heterocycles. The highest BCUT2D eigenvalue weighted by atomic mass is 16.2. The van der Waals surface area contributed by atoms with Gasteiger partial charge in [0.1, 0.15) is 0 Å². The highest BCUT2D eigenvalue weighted by molar-refractivity contribution is 5.81. The highest BCUT2D eigenvalue weighted by Gasteiger charge is 2.16. The van der Waals surface area contributed by atoms with Gasteiger partial charge >= 0.3 is 0 Å². The molecule has 0 spiro atoms. The summed E-state index contributed by atoms with van der Waals surface area (Å²) in [5, 5.41) is 7.51. The molecule has 0 aromatic carbocycles. The molecule has 1 N–H and O–H groups in total. The summed E-state index contributed by atoms with van der Waals surface area (Å²) in [5.41, 5.74) is 1.12. The third kappa shape index (κ3) is 3.84. The predicted octanol–water partition coefficient (Wildman–Crippen LogP) is 1.25. The maximum absolute atomic E-state index is 11.9. The Morgan fingerprint density at radius 3 is 2.89 bits per heavy atom. The first-order chi connectivity index (χ1) is 8.60. The zero-order valence-electron chi connectivity index (χ0n) is 11.8. The van der Waals surface area contributed by atoms with E-state index in [9.17, 15) is 4.79 Å². The van der Waals surface area contributed by atoms with E-state index in [1.165, 1.54) is 0 Å². The van der Waals surface area contributed by atoms with E-state index in [2.05, 4.69) is 17.3 Å². The average molecular weight is 252 g/mol. The van der Waals surface area contributed by atoms with Crippen LogP contribution in [-0.2, 0) is 17.9 Å². The first-order valence-electron chi connectivity index (χ1n) is 6.59. The fourth-order valence-electron chi connectivity index (χ4n) is 1.75. The molecule has 0 aliphatic rings. The van der Waals surface area contributed by atoms with Crippen LogP contribution in [0.1, 0.15) is 32.9 Å². The number of nitrogens with one attached hydrogen (secondary N) is 1. The van der Waals surface area contributed by atoms with Gasteiger partial charge in [0.2, 0.25) is 5.91 Å². The van der Waals surface area contributed by atoms with Crippen molar-refractivity contribution in [2.24, 2.45) is 0 Å². The Balaban J connectivity index is 2.49. The summed E-state index contributed by atoms with van der Waals surface area (Å²) in [6, 6.07) is 1.82. The number of likely N-dealkylation sites (N-methyl/N-ethyl adjacent to an activating group) is 1. The van der Waals surface area contributed by atoms with Gasteiger partial charge in [0, 0.05) is 32.9 Å². The standard InChI is InChI=1S/C13H24N4O/c1-5-9-17-12(7-8-15-17)10-14-11(3)13(18)16(4)6-2/h7-8,11,14H,5-6,9-10H2,1-4H3. The summed E-state index contributed by atoms with van der Waals surface area (Å²) in [5.74, 6) is 0.124. The number of amides is 1. The molecule has 0 saturated heterocycles. The van der Waals surface area contributed by atoms with Crippen LogP contribution in [0.3, 0.4) is 0 Å². The van der Waals surface area contributed by atoms with E-state index in [0.29, 0.717) is 6.54 Å². The molecule has 1 amide bonds. The van der Waals surface area contributed by atoms with E-state index in [-0.39, 0.29) is 11.9 Å². The number of aromatic nitrogens is 2. The summed E-state index contributed by atoms with van der Waals surface area (Å²) >= 11 is 0. The molecule has 1 unspecified atom stereocenters. The molecule has 0 fully saturated rings. The Morgan fingerprint density at radius 2 is 2.28 bits per heavy atom. The van der Waals surface area contributed by atoms with Gasteiger partial charge in [-0.2, -0.15) is 5.10 Å². The monoisotopic (exact) mass is 252 g/mol. The molecule has 0 radical (unpaired) electrons. The molecule has 0 aliphatic carbocycles. The lowest BCUT2D eigenvalue weighted by Gasteiger charge is -2.20. The Morgan fingerprint density at radius 1 is 1.56 bits per heavy atom. The maximum Gasteiger partial charge on any atom is 0.239 e. The number of nitrogens with zero attached hydrogens (tertiary/aromatic N) is 3. The van der Waals surface area contributed by atoms with Gasteiger partial charge in [0.15, 0.2) is 0 Å². The van der Waals surface area contributed by atoms with Gasteiger partial charge in [0.25, 0.3) is 0 Å². The molecular formula is C13H24N4O. The van der Waals surface area contributed by atoms with Crippen LogP contribution in [-0.4, -0.2) is 40.2 Å². The van der Waals surface area contributed by atoms with Crippen molar-refractivity contribution in [2.75, 3.05) is 13.6 Å². The molecule has 1 aromatic heterocycles. The maximum atomic E-state index is 11.9. The van der Waals surface area contributed by atoms with Gasteiger partial charge in [-0.25, -0.2) is 0 Å². The normalized spacial score (nSPS) is 12.4. The third-order valence-corrected chi connectivity index (χ3v) is 3.05. The molecule has 5 nitrogen and oxygen atoms in total. The number of rotatable bonds is 7. The van der Waals surface area contributed by atoms with Crippen LogP contribution < -0.4 is 5.32 Å². The van der Waals surface area contributed by atoms with E-state index in [0.717, 1.165) is 25.2 Å². The van der Waals surface area contributed by atoms with Gasteiger partial charge < -0.3 is 10.2 Å². The van der Waals surface area contributed by atoms with Crippen molar-refractivity contribution >= 4 is 5.91 Å². The first-order valence-corrected chi connectivity index (χ1v) is 6.59. The van der Waals surface area contributed by atoms with Crippen LogP contribution in [0.4, 0.5) is 0 Å². The Hall–Kier alpha value is -1.36. The van der Waals surface area contributed by atoms with E-state index >= 15 is 0 Å². The molecule has 5 heteroatoms. The smallest absolute Gasteiger partial charge is 0.239 e. The molecule has 0 bridgehead atoms. The van der Waals surface area contributed by atoms with Crippen LogP contribution in [0.2, 0.25) is 0 Å². The van der Waals surface area contributed by atoms with E-state index < -0.39 is 0 Å². The molecule has 0 aliphatic heterocycles. The first kappa shape index (κ1) is 14.7. The van der Waals surface area contributed by atoms with E-state index in [1.807, 2.05) is 31.6 Å². The molecule has 102 valence electrons. The second-order valence-corrected chi connectivity index (χ2v) is 4.50. The SMILES string of the molecule is CCCn1nccc1CNC(C)C(=O)N(C)CC. The highest BCUT2D eigenvalue weighted by Crippen LogP contribution is 2.01. The average Bonchev–Trinajstić information content (AvgIpc) is 2.82. The fourth-order valence-corrected chi connectivity index (χ4v) is 1.75. The lowest BCUT2D eigenvalue weighted by molar-refractivity contribution is -0.131. The van der Waals surface area contributed by atoms with Crippen molar-refractivity contribution < 1.29 is 4.79 Å². The van der Waals surface area contributed by atoms with Gasteiger partial charge in [0.05, 0.1) is 11.7 Å². The number of carbonyl (C=O) groups excluding carboxylic acids is 1. The zero-order chi connectivity index (χ0) is 13.5. The third-order valence-electron chi connectivity index (χ3n) is 3.05. The van der Waals surface area contributed by atoms with E-state index in [4.69, 9.17) is 0 Å². The molecule has 1 rings (SSSR count). The second-order valence-electron chi connectivity index (χ2n) is 4.50. The fraction of sp³-hybridized carbons (Fsp3) is 0.692. The van der Waals surface area contributed by atoms with Crippen LogP contribution in [0, 0.1) is 0 Å². The van der Waals surface area contributed by atoms with Crippen molar-refractivity contribution in [1.29, 1.82) is 0 Å². The predicted molar refractivity (Wildman–Crippen MR) is 72.1 cm³/mol. The van der Waals surface area contributed by atoms with Crippen molar-refractivity contribution in [3.05, 3.63) is 18.0 Å². The Kier molecular flexibility index (Phi) is 5.85. The summed E-state index contributed by atoms with van der Waals surface area (Å²) in [6.07, 6.45) is 2.86. The van der Waals surface area contributed by atoms with Crippen LogP contribution in [0.15, 0.2) is 12.3 Å². The molecule has 1 aromatic rings. The summed E-state index contributed by atoms with van der Waals surface area (Å²) in [4.78, 5) is 13.6. The summed E-state index contributed by atoms with van der Waals surface area (Å²) < 4.78 is 1.98. The minimum atomic E-state index is -0.167. The van der Waals surface area contributed by atoms with Crippen LogP contribution in [0.5, 0.6) is 0 Å². The van der Waals surface area contributed by atoms with Crippen LogP contribution >= 0.6 is 0 Å². The molecule has 1 atom stereocenters. The zero-order valence-corrected chi connectivity index (χ0v) is 11.8. The Labute approximate surface area is 109 Å². The van der Waals surface area contributed by atoms with Gasteiger partial charge in [-0.15, -0.1) is 0 Å². The minimum absolute atomic E-state index is 0.124. The quantitative estimate of drug-likeness (QED) is 0.794. The number of aryl methyl sites for hydroxylation is 1. The van der Waals surface area contributed by atoms with Crippen LogP contribution in [0.25, 0.3) is 0 Å². The number of hydrogen-bond acceptors (Lipinski definition) is 3. The van der Waals surface area contributed by atoms with Crippen molar-refractivity contribution in [2.45, 2.75) is 46.3 Å². The van der Waals surface area contributed by atoms with Crippen molar-refractivity contribution in [3.63, 3.8) is 0 Å². The van der Waals surface area contributed by atoms with Gasteiger partial charge in [-0.3, -0.25) is 9.48 Å². The van der Waals surface area contributed by atoms with Crippen molar-refractivity contribution in [1.82, 2.24) is 20.0 Å². The largest absolute Gasteiger partial charge is 0.345 e. The topological polar surface area (TPSA) is 50.2 Å². The molecule has 0 saturated carbocycles. The molecular weight excluding hydrogens is 228 g/mol. The minimum Gasteiger partial charge on any atom is -0.345 e. The van der Waals surface area contributed by atoms with E-state index in [1.54, 1.807) is 11.1 Å². The van der Waals surface area contributed by atoms with Crippen molar-refractivity contribution in [3.8, 4) is 0 Å². The summed E-state index contributed by atoms with van der Waals surface area (Å²) in [7, 11) is 1.82. The molecule has 18 heavy (non-hydrogen) atoms. The lowest BCUT2D eigenvalue weighted by Crippen LogP contribution is -2.42. The summed E-state index contributed by atoms with van der Waals surface area (Å²) in [6.45, 7) is 8.32. The number of hydrogen-bond donors (Lipinski definition) is 1. The number of carbonyl (C=O) groups is 1. The van der Waals surface area contributed by atoms with Gasteiger partial charge in [-0.05, 0) is 26.3 Å². The Bertz CT molecular complexity index is 375. The van der Waals surface area contributed by atoms with Gasteiger partial charge in [-0.1, -0.05) is 6.92 Å². The second kappa shape index (κ2) is 7.16. The lowest BCUT2D eigenvalue weighted by atomic mass is 10.2.